The molecule has 1 aromatic carbocycles. The van der Waals surface area contributed by atoms with E-state index in [1.54, 1.807) is 16.8 Å². The summed E-state index contributed by atoms with van der Waals surface area (Å²) in [6.45, 7) is 5.88. The number of nitrogens with zero attached hydrogens (tertiary/aromatic N) is 3. The molecule has 2 N–H and O–H groups in total. The quantitative estimate of drug-likeness (QED) is 0.528. The molecule has 18 heavy (non-hydrogen) atoms. The summed E-state index contributed by atoms with van der Waals surface area (Å²) in [5.41, 5.74) is 7.25. The topological polar surface area (TPSA) is 66.0 Å². The molecule has 0 aliphatic heterocycles. The van der Waals surface area contributed by atoms with Crippen molar-refractivity contribution in [2.75, 3.05) is 12.3 Å². The van der Waals surface area contributed by atoms with Gasteiger partial charge in [0.15, 0.2) is 5.75 Å². The molecule has 0 radical (unpaired) electrons. The van der Waals surface area contributed by atoms with Gasteiger partial charge in [0, 0.05) is 17.1 Å². The predicted molar refractivity (Wildman–Crippen MR) is 66.2 cm³/mol. The fraction of sp³-hybridized carbons (Fsp3) is 0.167. The molecule has 0 aliphatic carbocycles. The van der Waals surface area contributed by atoms with Crippen LogP contribution in [0, 0.1) is 6.92 Å². The van der Waals surface area contributed by atoms with E-state index in [0.717, 1.165) is 11.5 Å². The van der Waals surface area contributed by atoms with Crippen molar-refractivity contribution in [1.29, 1.82) is 0 Å². The van der Waals surface area contributed by atoms with Gasteiger partial charge in [0.1, 0.15) is 24.4 Å². The van der Waals surface area contributed by atoms with Crippen LogP contribution in [0.15, 0.2) is 37.2 Å². The second kappa shape index (κ2) is 6.23. The van der Waals surface area contributed by atoms with E-state index >= 15 is 0 Å². The maximum absolute atomic E-state index is 5.90. The van der Waals surface area contributed by atoms with Crippen LogP contribution >= 0.6 is 0 Å². The van der Waals surface area contributed by atoms with E-state index in [9.17, 15) is 0 Å². The van der Waals surface area contributed by atoms with Crippen LogP contribution in [0.1, 0.15) is 5.82 Å². The van der Waals surface area contributed by atoms with E-state index in [-0.39, 0.29) is 17.1 Å². The molecule has 0 atom stereocenters. The number of anilines is 1. The van der Waals surface area contributed by atoms with E-state index in [0.29, 0.717) is 18.0 Å². The zero-order chi connectivity index (χ0) is 12.3. The van der Waals surface area contributed by atoms with Crippen molar-refractivity contribution in [3.8, 4) is 11.4 Å². The molecular weight excluding hydrogens is 272 g/mol. The summed E-state index contributed by atoms with van der Waals surface area (Å²) < 4.78 is 7.25. The maximum atomic E-state index is 5.90. The smallest absolute Gasteiger partial charge is 0.168 e. The van der Waals surface area contributed by atoms with E-state index in [1.807, 2.05) is 19.1 Å². The Labute approximate surface area is 116 Å². The van der Waals surface area contributed by atoms with Gasteiger partial charge in [-0.25, -0.2) is 9.67 Å². The third-order valence-corrected chi connectivity index (χ3v) is 2.32. The molecule has 2 aromatic rings. The van der Waals surface area contributed by atoms with E-state index in [2.05, 4.69) is 16.7 Å². The molecule has 0 unspecified atom stereocenters. The van der Waals surface area contributed by atoms with Crippen LogP contribution in [-0.4, -0.2) is 21.4 Å². The first-order chi connectivity index (χ1) is 8.24. The minimum Gasteiger partial charge on any atom is -0.485 e. The van der Waals surface area contributed by atoms with Crippen molar-refractivity contribution in [3.63, 3.8) is 0 Å². The number of nitrogens with two attached hydrogens (primary N) is 1. The van der Waals surface area contributed by atoms with Gasteiger partial charge in [-0.2, -0.15) is 5.10 Å². The maximum Gasteiger partial charge on any atom is 0.168 e. The van der Waals surface area contributed by atoms with Crippen LogP contribution in [0.4, 0.5) is 5.69 Å². The monoisotopic (exact) mass is 286 g/mol. The fourth-order valence-corrected chi connectivity index (χ4v) is 1.54. The Hall–Kier alpha value is -1.78. The second-order valence-corrected chi connectivity index (χ2v) is 3.51. The predicted octanol–water partition coefficient (Wildman–Crippen LogP) is 1.72. The first-order valence-electron chi connectivity index (χ1n) is 5.23. The standard InChI is InChI=1S/C12H14N4O.Fe/c1-3-7-17-12-10(13)5-4-6-11(12)16-9(2)14-8-15-16;/h3-6,8H,1,7,13H2,2H3;. The van der Waals surface area contributed by atoms with Crippen molar-refractivity contribution < 1.29 is 21.8 Å². The van der Waals surface area contributed by atoms with Gasteiger partial charge in [-0.3, -0.25) is 0 Å². The number of aromatic nitrogens is 3. The molecule has 0 bridgehead atoms. The molecule has 0 saturated heterocycles. The average Bonchev–Trinajstić information content (AvgIpc) is 2.73. The van der Waals surface area contributed by atoms with Crippen LogP contribution in [0.5, 0.6) is 5.75 Å². The van der Waals surface area contributed by atoms with E-state index in [4.69, 9.17) is 10.5 Å². The molecule has 6 heteroatoms. The molecule has 0 saturated carbocycles. The summed E-state index contributed by atoms with van der Waals surface area (Å²) in [5, 5.41) is 4.14. The Bertz CT molecular complexity index is 539. The third-order valence-electron chi connectivity index (χ3n) is 2.32. The van der Waals surface area contributed by atoms with E-state index < -0.39 is 0 Å². The van der Waals surface area contributed by atoms with Crippen molar-refractivity contribution in [1.82, 2.24) is 14.8 Å². The Balaban J connectivity index is 0.00000162. The number of hydrogen-bond acceptors (Lipinski definition) is 4. The molecular formula is C12H14FeN4O. The molecule has 0 amide bonds. The summed E-state index contributed by atoms with van der Waals surface area (Å²) in [7, 11) is 0. The Morgan fingerprint density at radius 1 is 1.50 bits per heavy atom. The summed E-state index contributed by atoms with van der Waals surface area (Å²) in [5.74, 6) is 1.38. The zero-order valence-corrected chi connectivity index (χ0v) is 11.1. The molecule has 0 spiro atoms. The van der Waals surface area contributed by atoms with Gasteiger partial charge in [0.05, 0.1) is 5.69 Å². The van der Waals surface area contributed by atoms with E-state index in [1.165, 1.54) is 6.33 Å². The Morgan fingerprint density at radius 3 is 2.89 bits per heavy atom. The molecule has 1 aromatic heterocycles. The summed E-state index contributed by atoms with van der Waals surface area (Å²) >= 11 is 0. The summed E-state index contributed by atoms with van der Waals surface area (Å²) in [4.78, 5) is 4.08. The SMILES string of the molecule is C=CCOc1c(N)cccc1-n1ncnc1C.[Fe]. The van der Waals surface area contributed by atoms with Crippen LogP contribution in [0.25, 0.3) is 5.69 Å². The van der Waals surface area contributed by atoms with Crippen LogP contribution in [0.3, 0.4) is 0 Å². The first-order valence-corrected chi connectivity index (χ1v) is 5.23. The van der Waals surface area contributed by atoms with Crippen molar-refractivity contribution in [2.24, 2.45) is 0 Å². The van der Waals surface area contributed by atoms with Gasteiger partial charge in [-0.15, -0.1) is 0 Å². The van der Waals surface area contributed by atoms with Gasteiger partial charge in [0.25, 0.3) is 0 Å². The Morgan fingerprint density at radius 2 is 2.28 bits per heavy atom. The first kappa shape index (κ1) is 14.3. The molecule has 5 nitrogen and oxygen atoms in total. The average molecular weight is 286 g/mol. The minimum atomic E-state index is 0. The van der Waals surface area contributed by atoms with Gasteiger partial charge in [-0.05, 0) is 19.1 Å². The number of benzene rings is 1. The molecule has 96 valence electrons. The van der Waals surface area contributed by atoms with Crippen molar-refractivity contribution in [3.05, 3.63) is 43.0 Å². The summed E-state index contributed by atoms with van der Waals surface area (Å²) in [6, 6.07) is 5.53. The van der Waals surface area contributed by atoms with Crippen LogP contribution in [-0.2, 0) is 17.1 Å². The number of rotatable bonds is 4. The molecule has 1 heterocycles. The number of aryl methyl sites for hydroxylation is 1. The third kappa shape index (κ3) is 2.72. The van der Waals surface area contributed by atoms with Gasteiger partial charge in [-0.1, -0.05) is 18.7 Å². The van der Waals surface area contributed by atoms with Gasteiger partial charge < -0.3 is 10.5 Å². The number of ether oxygens (including phenoxy) is 1. The van der Waals surface area contributed by atoms with Gasteiger partial charge in [0.2, 0.25) is 0 Å². The second-order valence-electron chi connectivity index (χ2n) is 3.51. The van der Waals surface area contributed by atoms with Crippen molar-refractivity contribution >= 4 is 5.69 Å². The van der Waals surface area contributed by atoms with Crippen molar-refractivity contribution in [2.45, 2.75) is 6.92 Å². The number of hydrogen-bond donors (Lipinski definition) is 1. The molecule has 0 fully saturated rings. The zero-order valence-electron chi connectivity index (χ0n) is 9.98. The minimum absolute atomic E-state index is 0. The number of nitrogen functional groups attached to an aromatic ring is 1. The van der Waals surface area contributed by atoms with Crippen LogP contribution in [0.2, 0.25) is 0 Å². The number of para-hydroxylation sites is 1. The normalized spacial score (nSPS) is 9.61. The Kier molecular flexibility index (Phi) is 4.95. The fourth-order valence-electron chi connectivity index (χ4n) is 1.54. The molecule has 0 aliphatic rings. The van der Waals surface area contributed by atoms with Gasteiger partial charge >= 0.3 is 0 Å². The largest absolute Gasteiger partial charge is 0.485 e. The van der Waals surface area contributed by atoms with Crippen LogP contribution < -0.4 is 10.5 Å². The summed E-state index contributed by atoms with van der Waals surface area (Å²) in [6.07, 6.45) is 3.17. The molecule has 2 rings (SSSR count).